The third-order valence-corrected chi connectivity index (χ3v) is 9.33. The Kier molecular flexibility index (Phi) is 31.5. The van der Waals surface area contributed by atoms with Gasteiger partial charge >= 0.3 is 41.5 Å². The number of esters is 2. The molecular weight excluding hydrogens is 647 g/mol. The monoisotopic (exact) mass is 712 g/mol. The van der Waals surface area contributed by atoms with E-state index in [0.29, 0.717) is 12.8 Å². The minimum atomic E-state index is -4.81. The van der Waals surface area contributed by atoms with Gasteiger partial charge in [0.25, 0.3) is 0 Å². The Bertz CT molecular complexity index is 1150. The van der Waals surface area contributed by atoms with Gasteiger partial charge in [-0.1, -0.05) is 128 Å². The normalized spacial score (nSPS) is 11.7. The van der Waals surface area contributed by atoms with Gasteiger partial charge in [0.15, 0.2) is 0 Å². The molecule has 0 aliphatic rings. The Morgan fingerprint density at radius 2 is 0.898 bits per heavy atom. The molecule has 0 saturated carbocycles. The zero-order valence-electron chi connectivity index (χ0n) is 31.2. The van der Waals surface area contributed by atoms with Crippen molar-refractivity contribution in [1.82, 2.24) is 0 Å². The van der Waals surface area contributed by atoms with Gasteiger partial charge < -0.3 is 14.0 Å². The van der Waals surface area contributed by atoms with E-state index < -0.39 is 27.0 Å². The van der Waals surface area contributed by atoms with Crippen molar-refractivity contribution in [2.75, 3.05) is 13.2 Å². The van der Waals surface area contributed by atoms with Crippen molar-refractivity contribution in [2.45, 2.75) is 173 Å². The van der Waals surface area contributed by atoms with Crippen LogP contribution in [0.4, 0.5) is 0 Å². The zero-order valence-corrected chi connectivity index (χ0v) is 34.0. The first-order chi connectivity index (χ1) is 23.3. The van der Waals surface area contributed by atoms with Gasteiger partial charge in [0, 0.05) is 0 Å². The van der Waals surface area contributed by atoms with E-state index in [9.17, 15) is 22.6 Å². The molecule has 0 aliphatic carbocycles. The molecule has 0 unspecified atom stereocenters. The van der Waals surface area contributed by atoms with Gasteiger partial charge in [0.1, 0.15) is 10.1 Å². The summed E-state index contributed by atoms with van der Waals surface area (Å²) in [7, 11) is -4.81. The third-order valence-electron chi connectivity index (χ3n) is 8.50. The Labute approximate surface area is 321 Å². The third kappa shape index (κ3) is 26.1. The first kappa shape index (κ1) is 47.5. The summed E-state index contributed by atoms with van der Waals surface area (Å²) in [5.74, 6) is -1.57. The molecule has 9 heteroatoms. The summed E-state index contributed by atoms with van der Waals surface area (Å²) in [5.41, 5.74) is -0.360. The van der Waals surface area contributed by atoms with Crippen LogP contribution >= 0.6 is 0 Å². The van der Waals surface area contributed by atoms with E-state index >= 15 is 0 Å². The predicted octanol–water partition coefficient (Wildman–Crippen LogP) is 8.42. The summed E-state index contributed by atoms with van der Waals surface area (Å²) in [5, 5.41) is 0. The zero-order chi connectivity index (χ0) is 35.1. The van der Waals surface area contributed by atoms with Crippen LogP contribution in [-0.4, -0.2) is 38.1 Å². The van der Waals surface area contributed by atoms with Gasteiger partial charge in [-0.05, 0) is 82.4 Å². The number of ether oxygens (including phenoxy) is 2. The first-order valence-electron chi connectivity index (χ1n) is 19.0. The van der Waals surface area contributed by atoms with Gasteiger partial charge in [-0.25, -0.2) is 18.0 Å². The van der Waals surface area contributed by atoms with E-state index in [1.54, 1.807) is 0 Å². The van der Waals surface area contributed by atoms with E-state index in [1.807, 2.05) is 0 Å². The number of unbranched alkanes of at least 4 members (excludes halogenated alkanes) is 20. The number of benzene rings is 1. The second-order valence-electron chi connectivity index (χ2n) is 12.9. The standard InChI is InChI=1S/C40H66O7S.Na/c1-3-5-7-9-11-13-15-17-19-21-23-25-27-29-33-46-39(41)37-32-31-36(48(43,44)45)35-38(37)40(42)47-34-30-28-26-24-22-20-18-16-14-12-10-8-6-4-2;/h15-18,31-32,35H,3-14,19-30,33-34H2,1-2H3,(H,43,44,45);/q;+1/p-1/b17-15+,18-16+;. The van der Waals surface area contributed by atoms with Gasteiger partial charge in [-0.3, -0.25) is 0 Å². The molecule has 0 bridgehead atoms. The molecule has 0 aliphatic heterocycles. The van der Waals surface area contributed by atoms with Crippen molar-refractivity contribution in [3.63, 3.8) is 0 Å². The second-order valence-corrected chi connectivity index (χ2v) is 14.3. The molecule has 0 aromatic heterocycles. The van der Waals surface area contributed by atoms with Gasteiger partial charge in [-0.15, -0.1) is 0 Å². The summed E-state index contributed by atoms with van der Waals surface area (Å²) in [6, 6.07) is 3.10. The van der Waals surface area contributed by atoms with Crippen LogP contribution in [0.2, 0.25) is 0 Å². The van der Waals surface area contributed by atoms with Crippen molar-refractivity contribution in [2.24, 2.45) is 0 Å². The number of carbonyl (C=O) groups excluding carboxylic acids is 2. The van der Waals surface area contributed by atoms with Crippen LogP contribution in [0, 0.1) is 0 Å². The molecule has 1 aromatic carbocycles. The summed E-state index contributed by atoms with van der Waals surface area (Å²) >= 11 is 0. The van der Waals surface area contributed by atoms with E-state index in [-0.39, 0.29) is 53.9 Å². The fourth-order valence-corrected chi connectivity index (χ4v) is 6.00. The smallest absolute Gasteiger partial charge is 0.744 e. The number of hydrogen-bond acceptors (Lipinski definition) is 7. The number of rotatable bonds is 31. The van der Waals surface area contributed by atoms with Crippen molar-refractivity contribution >= 4 is 22.1 Å². The summed E-state index contributed by atoms with van der Waals surface area (Å²) < 4.78 is 45.5. The molecule has 274 valence electrons. The van der Waals surface area contributed by atoms with Crippen LogP contribution in [0.1, 0.15) is 189 Å². The first-order valence-corrected chi connectivity index (χ1v) is 20.5. The molecule has 1 aromatic rings. The largest absolute Gasteiger partial charge is 1.00 e. The van der Waals surface area contributed by atoms with Crippen molar-refractivity contribution in [1.29, 1.82) is 0 Å². The summed E-state index contributed by atoms with van der Waals surface area (Å²) in [6.45, 7) is 4.81. The predicted molar refractivity (Wildman–Crippen MR) is 195 cm³/mol. The minimum Gasteiger partial charge on any atom is -0.744 e. The van der Waals surface area contributed by atoms with Crippen LogP contribution in [0.3, 0.4) is 0 Å². The molecule has 0 heterocycles. The quantitative estimate of drug-likeness (QED) is 0.0250. The van der Waals surface area contributed by atoms with E-state index in [1.165, 1.54) is 70.6 Å². The molecule has 49 heavy (non-hydrogen) atoms. The molecule has 0 N–H and O–H groups in total. The molecular formula is C40H65NaO7S. The van der Waals surface area contributed by atoms with Crippen LogP contribution in [0.15, 0.2) is 47.4 Å². The molecule has 1 rings (SSSR count). The minimum absolute atomic E-state index is 0. The van der Waals surface area contributed by atoms with E-state index in [4.69, 9.17) is 9.47 Å². The molecule has 0 atom stereocenters. The van der Waals surface area contributed by atoms with Crippen LogP contribution < -0.4 is 29.6 Å². The van der Waals surface area contributed by atoms with Crippen molar-refractivity contribution in [3.05, 3.63) is 53.6 Å². The fourth-order valence-electron chi connectivity index (χ4n) is 5.50. The topological polar surface area (TPSA) is 110 Å². The van der Waals surface area contributed by atoms with Crippen LogP contribution in [0.5, 0.6) is 0 Å². The molecule has 0 spiro atoms. The maximum atomic E-state index is 12.9. The average Bonchev–Trinajstić information content (AvgIpc) is 3.07. The van der Waals surface area contributed by atoms with Gasteiger partial charge in [-0.2, -0.15) is 0 Å². The van der Waals surface area contributed by atoms with Crippen molar-refractivity contribution < 1.29 is 61.6 Å². The second kappa shape index (κ2) is 32.5. The van der Waals surface area contributed by atoms with Gasteiger partial charge in [0.05, 0.1) is 29.2 Å². The maximum Gasteiger partial charge on any atom is 1.00 e. The molecule has 0 fully saturated rings. The average molecular weight is 713 g/mol. The van der Waals surface area contributed by atoms with E-state index in [0.717, 1.165) is 88.8 Å². The van der Waals surface area contributed by atoms with Crippen molar-refractivity contribution in [3.8, 4) is 0 Å². The Morgan fingerprint density at radius 1 is 0.551 bits per heavy atom. The molecule has 0 saturated heterocycles. The number of allylic oxidation sites excluding steroid dienone is 4. The van der Waals surface area contributed by atoms with Crippen LogP contribution in [0.25, 0.3) is 0 Å². The van der Waals surface area contributed by atoms with Crippen LogP contribution in [-0.2, 0) is 19.6 Å². The number of carbonyl (C=O) groups is 2. The Hall–Kier alpha value is -1.45. The number of hydrogen-bond donors (Lipinski definition) is 0. The Balaban J connectivity index is 0.0000230. The maximum absolute atomic E-state index is 12.9. The molecule has 7 nitrogen and oxygen atoms in total. The molecule has 0 radical (unpaired) electrons. The van der Waals surface area contributed by atoms with Gasteiger partial charge in [0.2, 0.25) is 0 Å². The summed E-state index contributed by atoms with van der Waals surface area (Å²) in [4.78, 5) is 25.1. The Morgan fingerprint density at radius 3 is 1.29 bits per heavy atom. The fraction of sp³-hybridized carbons (Fsp3) is 0.700. The van der Waals surface area contributed by atoms with E-state index in [2.05, 4.69) is 38.2 Å². The SMILES string of the molecule is CCCCCCC/C=C/CCCCCCCOC(=O)c1ccc(S(=O)(=O)[O-])cc1C(=O)OCCCCCCC/C=C/CCCCCCC.[Na+]. The molecule has 0 amide bonds. The summed E-state index contributed by atoms with van der Waals surface area (Å²) in [6.07, 6.45) is 36.5.